The normalized spacial score (nSPS) is 15.5. The number of nitrogens with zero attached hydrogens (tertiary/aromatic N) is 2. The number of benzene rings is 2. The molecule has 150 valence electrons. The highest BCUT2D eigenvalue weighted by atomic mass is 19.1. The fraction of sp³-hybridized carbons (Fsp3) is 0.409. The lowest BCUT2D eigenvalue weighted by Crippen LogP contribution is -2.45. The molecule has 3 rings (SSSR count). The number of anilines is 1. The van der Waals surface area contributed by atoms with Crippen molar-refractivity contribution < 1.29 is 13.6 Å². The maximum atomic E-state index is 13.6. The van der Waals surface area contributed by atoms with Crippen LogP contribution in [0.2, 0.25) is 0 Å². The SMILES string of the molecule is CCN1CCN(Cc2ccc(NC(=O)CCc3cc(F)ccc3F)cc2)CC1. The minimum Gasteiger partial charge on any atom is -0.326 e. The molecule has 1 N–H and O–H groups in total. The van der Waals surface area contributed by atoms with Crippen LogP contribution in [-0.2, 0) is 17.8 Å². The van der Waals surface area contributed by atoms with E-state index in [1.165, 1.54) is 5.56 Å². The van der Waals surface area contributed by atoms with Crippen LogP contribution in [0.5, 0.6) is 0 Å². The van der Waals surface area contributed by atoms with Crippen LogP contribution >= 0.6 is 0 Å². The number of rotatable bonds is 7. The third-order valence-corrected chi connectivity index (χ3v) is 5.19. The number of aryl methyl sites for hydroxylation is 1. The number of hydrogen-bond acceptors (Lipinski definition) is 3. The van der Waals surface area contributed by atoms with Crippen molar-refractivity contribution in [2.24, 2.45) is 0 Å². The predicted octanol–water partition coefficient (Wildman–Crippen LogP) is 3.67. The average molecular weight is 387 g/mol. The highest BCUT2D eigenvalue weighted by molar-refractivity contribution is 5.90. The van der Waals surface area contributed by atoms with Crippen molar-refractivity contribution in [1.82, 2.24) is 9.80 Å². The fourth-order valence-electron chi connectivity index (χ4n) is 3.42. The Labute approximate surface area is 165 Å². The number of piperazine rings is 1. The number of hydrogen-bond donors (Lipinski definition) is 1. The molecule has 0 atom stereocenters. The van der Waals surface area contributed by atoms with Crippen LogP contribution in [0.3, 0.4) is 0 Å². The Bertz CT molecular complexity index is 787. The summed E-state index contributed by atoms with van der Waals surface area (Å²) in [5.74, 6) is -1.20. The molecule has 1 fully saturated rings. The summed E-state index contributed by atoms with van der Waals surface area (Å²) in [5, 5.41) is 2.82. The van der Waals surface area contributed by atoms with Crippen LogP contribution < -0.4 is 5.32 Å². The molecule has 0 unspecified atom stereocenters. The molecule has 1 saturated heterocycles. The van der Waals surface area contributed by atoms with Gasteiger partial charge >= 0.3 is 0 Å². The minimum absolute atomic E-state index is 0.101. The molecule has 6 heteroatoms. The Morgan fingerprint density at radius 2 is 1.68 bits per heavy atom. The highest BCUT2D eigenvalue weighted by Crippen LogP contribution is 2.15. The Morgan fingerprint density at radius 3 is 2.36 bits per heavy atom. The number of likely N-dealkylation sites (N-methyl/N-ethyl adjacent to an activating group) is 1. The molecule has 0 aromatic heterocycles. The molecule has 1 heterocycles. The lowest BCUT2D eigenvalue weighted by molar-refractivity contribution is -0.116. The van der Waals surface area contributed by atoms with E-state index in [1.54, 1.807) is 0 Å². The molecule has 0 bridgehead atoms. The van der Waals surface area contributed by atoms with Gasteiger partial charge in [0.15, 0.2) is 0 Å². The molecule has 0 aliphatic carbocycles. The zero-order valence-electron chi connectivity index (χ0n) is 16.3. The van der Waals surface area contributed by atoms with Crippen LogP contribution in [0.15, 0.2) is 42.5 Å². The first-order valence-electron chi connectivity index (χ1n) is 9.81. The van der Waals surface area contributed by atoms with Gasteiger partial charge in [0.1, 0.15) is 11.6 Å². The highest BCUT2D eigenvalue weighted by Gasteiger charge is 2.15. The Hall–Kier alpha value is -2.31. The Balaban J connectivity index is 1.46. The van der Waals surface area contributed by atoms with Crippen LogP contribution in [0, 0.1) is 11.6 Å². The van der Waals surface area contributed by atoms with Crippen molar-refractivity contribution >= 4 is 11.6 Å². The summed E-state index contributed by atoms with van der Waals surface area (Å²) in [4.78, 5) is 17.0. The zero-order valence-corrected chi connectivity index (χ0v) is 16.3. The number of carbonyl (C=O) groups is 1. The molecule has 0 saturated carbocycles. The number of amides is 1. The van der Waals surface area contributed by atoms with Crippen molar-refractivity contribution in [3.63, 3.8) is 0 Å². The molecule has 4 nitrogen and oxygen atoms in total. The molecule has 1 amide bonds. The van der Waals surface area contributed by atoms with E-state index in [-0.39, 0.29) is 24.3 Å². The summed E-state index contributed by atoms with van der Waals surface area (Å²) in [5.41, 5.74) is 2.14. The van der Waals surface area contributed by atoms with E-state index in [0.29, 0.717) is 5.69 Å². The average Bonchev–Trinajstić information content (AvgIpc) is 2.71. The van der Waals surface area contributed by atoms with E-state index in [1.807, 2.05) is 24.3 Å². The van der Waals surface area contributed by atoms with Gasteiger partial charge in [-0.3, -0.25) is 9.69 Å². The van der Waals surface area contributed by atoms with Crippen molar-refractivity contribution in [2.75, 3.05) is 38.0 Å². The molecule has 0 radical (unpaired) electrons. The molecule has 0 spiro atoms. The number of halogens is 2. The first-order chi connectivity index (χ1) is 13.5. The Kier molecular flexibility index (Phi) is 7.12. The quantitative estimate of drug-likeness (QED) is 0.787. The van der Waals surface area contributed by atoms with E-state index >= 15 is 0 Å². The summed E-state index contributed by atoms with van der Waals surface area (Å²) in [6.45, 7) is 8.56. The van der Waals surface area contributed by atoms with Gasteiger partial charge in [0, 0.05) is 44.8 Å². The second-order valence-electron chi connectivity index (χ2n) is 7.19. The lowest BCUT2D eigenvalue weighted by Gasteiger charge is -2.34. The lowest BCUT2D eigenvalue weighted by atomic mass is 10.1. The summed E-state index contributed by atoms with van der Waals surface area (Å²) < 4.78 is 26.8. The van der Waals surface area contributed by atoms with E-state index in [4.69, 9.17) is 0 Å². The van der Waals surface area contributed by atoms with Crippen molar-refractivity contribution in [3.8, 4) is 0 Å². The number of nitrogens with one attached hydrogen (secondary N) is 1. The van der Waals surface area contributed by atoms with Gasteiger partial charge in [0.05, 0.1) is 0 Å². The van der Waals surface area contributed by atoms with E-state index in [0.717, 1.165) is 57.5 Å². The zero-order chi connectivity index (χ0) is 19.9. The van der Waals surface area contributed by atoms with E-state index in [9.17, 15) is 13.6 Å². The van der Waals surface area contributed by atoms with Gasteiger partial charge in [0.2, 0.25) is 5.91 Å². The standard InChI is InChI=1S/C22H27F2N3O/c1-2-26-11-13-27(14-12-26)16-17-3-7-20(8-4-17)25-22(28)10-5-18-15-19(23)6-9-21(18)24/h3-4,6-9,15H,2,5,10-14,16H2,1H3,(H,25,28). The third-order valence-electron chi connectivity index (χ3n) is 5.19. The predicted molar refractivity (Wildman–Crippen MR) is 107 cm³/mol. The van der Waals surface area contributed by atoms with Gasteiger partial charge in [-0.2, -0.15) is 0 Å². The maximum Gasteiger partial charge on any atom is 0.224 e. The Morgan fingerprint density at radius 1 is 1.00 bits per heavy atom. The van der Waals surface area contributed by atoms with Gasteiger partial charge in [0.25, 0.3) is 0 Å². The molecule has 28 heavy (non-hydrogen) atoms. The minimum atomic E-state index is -0.497. The topological polar surface area (TPSA) is 35.6 Å². The van der Waals surface area contributed by atoms with Gasteiger partial charge in [-0.15, -0.1) is 0 Å². The first kappa shape index (κ1) is 20.4. The third kappa shape index (κ3) is 5.84. The van der Waals surface area contributed by atoms with Gasteiger partial charge < -0.3 is 10.2 Å². The molecule has 2 aromatic carbocycles. The molecule has 1 aliphatic heterocycles. The molecule has 1 aliphatic rings. The van der Waals surface area contributed by atoms with E-state index in [2.05, 4.69) is 22.0 Å². The van der Waals surface area contributed by atoms with Gasteiger partial charge in [-0.05, 0) is 54.4 Å². The number of carbonyl (C=O) groups excluding carboxylic acids is 1. The summed E-state index contributed by atoms with van der Waals surface area (Å²) in [6.07, 6.45) is 0.265. The fourth-order valence-corrected chi connectivity index (χ4v) is 3.42. The van der Waals surface area contributed by atoms with Gasteiger partial charge in [-0.25, -0.2) is 8.78 Å². The largest absolute Gasteiger partial charge is 0.326 e. The second kappa shape index (κ2) is 9.75. The first-order valence-corrected chi connectivity index (χ1v) is 9.81. The molecule has 2 aromatic rings. The summed E-state index contributed by atoms with van der Waals surface area (Å²) >= 11 is 0. The molecular formula is C22H27F2N3O. The monoisotopic (exact) mass is 387 g/mol. The van der Waals surface area contributed by atoms with Gasteiger partial charge in [-0.1, -0.05) is 19.1 Å². The molecular weight excluding hydrogens is 360 g/mol. The van der Waals surface area contributed by atoms with E-state index < -0.39 is 11.6 Å². The van der Waals surface area contributed by atoms with Crippen molar-refractivity contribution in [1.29, 1.82) is 0 Å². The maximum absolute atomic E-state index is 13.6. The second-order valence-corrected chi connectivity index (χ2v) is 7.19. The van der Waals surface area contributed by atoms with Crippen LogP contribution in [-0.4, -0.2) is 48.4 Å². The van der Waals surface area contributed by atoms with Crippen molar-refractivity contribution in [2.45, 2.75) is 26.3 Å². The van der Waals surface area contributed by atoms with Crippen LogP contribution in [0.1, 0.15) is 24.5 Å². The smallest absolute Gasteiger partial charge is 0.224 e. The van der Waals surface area contributed by atoms with Crippen molar-refractivity contribution in [3.05, 3.63) is 65.2 Å². The van der Waals surface area contributed by atoms with Crippen LogP contribution in [0.4, 0.5) is 14.5 Å². The summed E-state index contributed by atoms with van der Waals surface area (Å²) in [7, 11) is 0. The van der Waals surface area contributed by atoms with Crippen LogP contribution in [0.25, 0.3) is 0 Å². The summed E-state index contributed by atoms with van der Waals surface area (Å²) in [6, 6.07) is 11.1.